The second kappa shape index (κ2) is 19.8. The molecule has 62 heavy (non-hydrogen) atoms. The van der Waals surface area contributed by atoms with Gasteiger partial charge in [-0.15, -0.1) is 0 Å². The van der Waals surface area contributed by atoms with Crippen molar-refractivity contribution in [3.05, 3.63) is 95.4 Å². The van der Waals surface area contributed by atoms with Crippen molar-refractivity contribution in [3.63, 3.8) is 0 Å². The summed E-state index contributed by atoms with van der Waals surface area (Å²) in [5.74, 6) is -1.19. The van der Waals surface area contributed by atoms with E-state index in [1.54, 1.807) is 55.3 Å². The fraction of sp³-hybridized carbons (Fsp3) is 0.413. The number of nitrogens with one attached hydrogen (secondary N) is 5. The number of imidazole rings is 1. The number of nitrogens with zero attached hydrogens (tertiary/aromatic N) is 4. The summed E-state index contributed by atoms with van der Waals surface area (Å²) in [7, 11) is 1.54. The third kappa shape index (κ3) is 10.1. The van der Waals surface area contributed by atoms with Crippen LogP contribution in [0.25, 0.3) is 21.9 Å². The molecule has 0 aliphatic carbocycles. The topological polar surface area (TPSA) is 200 Å². The number of hydrogen-bond acceptors (Lipinski definition) is 8. The van der Waals surface area contributed by atoms with Crippen LogP contribution in [0.2, 0.25) is 0 Å². The number of ether oxygens (including phenoxy) is 1. The van der Waals surface area contributed by atoms with Crippen molar-refractivity contribution in [1.29, 1.82) is 0 Å². The minimum atomic E-state index is -0.985. The Hall–Kier alpha value is -6.71. The van der Waals surface area contributed by atoms with Gasteiger partial charge in [0.15, 0.2) is 0 Å². The average Bonchev–Trinajstić information content (AvgIpc) is 3.85. The van der Waals surface area contributed by atoms with Crippen LogP contribution in [-0.4, -0.2) is 118 Å². The predicted molar refractivity (Wildman–Crippen MR) is 233 cm³/mol. The van der Waals surface area contributed by atoms with Crippen LogP contribution in [0.1, 0.15) is 71.1 Å². The second-order valence-corrected chi connectivity index (χ2v) is 16.0. The van der Waals surface area contributed by atoms with Crippen LogP contribution in [0.4, 0.5) is 0 Å². The molecule has 2 bridgehead atoms. The molecule has 5 N–H and O–H groups in total. The van der Waals surface area contributed by atoms with E-state index in [1.165, 1.54) is 4.90 Å². The number of para-hydroxylation sites is 1. The molecule has 0 radical (unpaired) electrons. The molecule has 16 nitrogen and oxygen atoms in total. The van der Waals surface area contributed by atoms with Gasteiger partial charge in [0.05, 0.1) is 24.7 Å². The van der Waals surface area contributed by atoms with E-state index in [-0.39, 0.29) is 56.1 Å². The number of amides is 6. The molecule has 2 aliphatic heterocycles. The minimum Gasteiger partial charge on any atom is -0.497 e. The molecule has 326 valence electrons. The second-order valence-electron chi connectivity index (χ2n) is 16.0. The zero-order valence-electron chi connectivity index (χ0n) is 35.5. The highest BCUT2D eigenvalue weighted by Crippen LogP contribution is 2.24. The standard InChI is InChI=1S/C46H55N9O7/c1-4-36-44(59)52-39(25-33-27-49-37-13-6-5-12-35(33)37)43(58)48-19-9-21-55-29(2)50-38-15-14-31(26-40(38)55)42(57)47-18-8-20-54(28-41(56)51-36)45(60)30-16-22-53(23-17-30)46(61)32-10-7-11-34(24-32)62-3/h5-7,10-15,24,26-27,30,36,39,49H,4,8-9,16-23,25,28H2,1-3H3,(H,47,57)(H,48,58)(H,51,56)(H,52,59)/t36-,39+/m0/s1. The maximum absolute atomic E-state index is 14.2. The molecule has 0 unspecified atom stereocenters. The lowest BCUT2D eigenvalue weighted by molar-refractivity contribution is -0.141. The molecular formula is C46H55N9O7. The van der Waals surface area contributed by atoms with Crippen LogP contribution >= 0.6 is 0 Å². The van der Waals surface area contributed by atoms with Gasteiger partial charge < -0.3 is 45.4 Å². The van der Waals surface area contributed by atoms with E-state index in [2.05, 4.69) is 31.2 Å². The summed E-state index contributed by atoms with van der Waals surface area (Å²) in [5, 5.41) is 12.6. The number of piperidine rings is 1. The normalized spacial score (nSPS) is 19.3. The number of benzene rings is 3. The van der Waals surface area contributed by atoms with Gasteiger partial charge in [-0.2, -0.15) is 0 Å². The first-order valence-corrected chi connectivity index (χ1v) is 21.4. The molecule has 2 aliphatic rings. The Balaban J connectivity index is 1.10. The van der Waals surface area contributed by atoms with Gasteiger partial charge in [-0.3, -0.25) is 28.8 Å². The number of aromatic nitrogens is 3. The average molecular weight is 846 g/mol. The molecule has 0 saturated carbocycles. The number of aromatic amines is 1. The van der Waals surface area contributed by atoms with Gasteiger partial charge >= 0.3 is 0 Å². The molecular weight excluding hydrogens is 791 g/mol. The summed E-state index contributed by atoms with van der Waals surface area (Å²) in [6.07, 6.45) is 4.00. The number of fused-ring (bicyclic) bond motifs is 2. The molecule has 1 saturated heterocycles. The van der Waals surface area contributed by atoms with Gasteiger partial charge in [-0.1, -0.05) is 31.2 Å². The van der Waals surface area contributed by atoms with E-state index < -0.39 is 29.8 Å². The van der Waals surface area contributed by atoms with Gasteiger partial charge in [0.1, 0.15) is 23.7 Å². The molecule has 3 aromatic carbocycles. The summed E-state index contributed by atoms with van der Waals surface area (Å²) < 4.78 is 7.31. The number of rotatable bonds is 6. The third-order valence-electron chi connectivity index (χ3n) is 11.8. The molecule has 5 aromatic rings. The van der Waals surface area contributed by atoms with Crippen molar-refractivity contribution in [2.45, 2.75) is 71.0 Å². The summed E-state index contributed by atoms with van der Waals surface area (Å²) in [6.45, 7) is 5.30. The van der Waals surface area contributed by atoms with Gasteiger partial charge in [0.25, 0.3) is 11.8 Å². The van der Waals surface area contributed by atoms with Crippen LogP contribution in [0.5, 0.6) is 5.75 Å². The van der Waals surface area contributed by atoms with E-state index in [9.17, 15) is 28.8 Å². The number of carbonyl (C=O) groups excluding carboxylic acids is 6. The van der Waals surface area contributed by atoms with Crippen molar-refractivity contribution in [2.75, 3.05) is 46.4 Å². The van der Waals surface area contributed by atoms with Crippen LogP contribution in [0.15, 0.2) is 72.9 Å². The quantitative estimate of drug-likeness (QED) is 0.171. The Bertz CT molecular complexity index is 2450. The third-order valence-corrected chi connectivity index (χ3v) is 11.8. The van der Waals surface area contributed by atoms with E-state index in [1.807, 2.05) is 48.0 Å². The van der Waals surface area contributed by atoms with Crippen LogP contribution in [0, 0.1) is 12.8 Å². The Morgan fingerprint density at radius 3 is 2.39 bits per heavy atom. The molecule has 7 rings (SSSR count). The van der Waals surface area contributed by atoms with E-state index in [0.29, 0.717) is 68.7 Å². The van der Waals surface area contributed by atoms with Crippen molar-refractivity contribution in [1.82, 2.24) is 45.6 Å². The predicted octanol–water partition coefficient (Wildman–Crippen LogP) is 3.48. The number of carbonyl (C=O) groups is 6. The number of hydrogen-bond donors (Lipinski definition) is 5. The minimum absolute atomic E-state index is 0.150. The lowest BCUT2D eigenvalue weighted by Crippen LogP contribution is -2.55. The first kappa shape index (κ1) is 43.4. The monoisotopic (exact) mass is 845 g/mol. The number of aryl methyl sites for hydroxylation is 2. The summed E-state index contributed by atoms with van der Waals surface area (Å²) in [5.41, 5.74) is 4.24. The summed E-state index contributed by atoms with van der Waals surface area (Å²) in [4.78, 5) is 93.6. The molecule has 0 spiro atoms. The van der Waals surface area contributed by atoms with E-state index in [4.69, 9.17) is 4.74 Å². The van der Waals surface area contributed by atoms with E-state index >= 15 is 0 Å². The molecule has 2 atom stereocenters. The maximum atomic E-state index is 14.2. The lowest BCUT2D eigenvalue weighted by atomic mass is 9.94. The Morgan fingerprint density at radius 1 is 0.823 bits per heavy atom. The lowest BCUT2D eigenvalue weighted by Gasteiger charge is -2.34. The van der Waals surface area contributed by atoms with Crippen molar-refractivity contribution >= 4 is 57.4 Å². The molecule has 16 heteroatoms. The molecule has 6 amide bonds. The fourth-order valence-corrected chi connectivity index (χ4v) is 8.37. The SMILES string of the molecule is CC[C@@H]1NC(=O)CN(C(=O)C2CCN(C(=O)c3cccc(OC)c3)CC2)CCCNC(=O)c2ccc3nc(C)n(c3c2)CCCNC(=O)[C@@H](Cc2c[nH]c3ccccc23)NC1=O. The maximum Gasteiger partial charge on any atom is 0.253 e. The largest absolute Gasteiger partial charge is 0.497 e. The van der Waals surface area contributed by atoms with Gasteiger partial charge in [-0.25, -0.2) is 4.98 Å². The van der Waals surface area contributed by atoms with Gasteiger partial charge in [-0.05, 0) is 87.1 Å². The van der Waals surface area contributed by atoms with Crippen molar-refractivity contribution in [2.24, 2.45) is 5.92 Å². The van der Waals surface area contributed by atoms with Crippen LogP contribution in [0.3, 0.4) is 0 Å². The Morgan fingerprint density at radius 2 is 1.60 bits per heavy atom. The first-order valence-electron chi connectivity index (χ1n) is 21.4. The zero-order chi connectivity index (χ0) is 43.8. The molecule has 2 aromatic heterocycles. The highest BCUT2D eigenvalue weighted by molar-refractivity contribution is 5.98. The zero-order valence-corrected chi connectivity index (χ0v) is 35.5. The number of H-pyrrole nitrogens is 1. The first-order chi connectivity index (χ1) is 30.0. The Labute approximate surface area is 360 Å². The van der Waals surface area contributed by atoms with Crippen molar-refractivity contribution in [3.8, 4) is 5.75 Å². The molecule has 4 heterocycles. The Kier molecular flexibility index (Phi) is 13.8. The van der Waals surface area contributed by atoms with Crippen LogP contribution < -0.4 is 26.0 Å². The fourth-order valence-electron chi connectivity index (χ4n) is 8.37. The van der Waals surface area contributed by atoms with Gasteiger partial charge in [0, 0.05) is 79.8 Å². The summed E-state index contributed by atoms with van der Waals surface area (Å²) >= 11 is 0. The van der Waals surface area contributed by atoms with Gasteiger partial charge in [0.2, 0.25) is 23.6 Å². The van der Waals surface area contributed by atoms with Crippen LogP contribution in [-0.2, 0) is 32.1 Å². The number of likely N-dealkylation sites (tertiary alicyclic amines) is 1. The number of methoxy groups -OCH3 is 1. The highest BCUT2D eigenvalue weighted by Gasteiger charge is 2.33. The highest BCUT2D eigenvalue weighted by atomic mass is 16.5. The summed E-state index contributed by atoms with van der Waals surface area (Å²) in [6, 6.07) is 18.1. The van der Waals surface area contributed by atoms with Crippen molar-refractivity contribution < 1.29 is 33.5 Å². The molecule has 1 fully saturated rings. The van der Waals surface area contributed by atoms with E-state index in [0.717, 1.165) is 33.3 Å². The smallest absolute Gasteiger partial charge is 0.253 e.